The highest BCUT2D eigenvalue weighted by Gasteiger charge is 2.41. The van der Waals surface area contributed by atoms with E-state index in [1.54, 1.807) is 73.7 Å². The number of sulfonamides is 8. The van der Waals surface area contributed by atoms with E-state index in [1.807, 2.05) is 6.07 Å². The predicted octanol–water partition coefficient (Wildman–Crippen LogP) is 2.37. The van der Waals surface area contributed by atoms with Crippen molar-refractivity contribution in [2.45, 2.75) is 135 Å². The van der Waals surface area contributed by atoms with Crippen molar-refractivity contribution in [3.05, 3.63) is 160 Å². The Bertz CT molecular complexity index is 8020. The van der Waals surface area contributed by atoms with Crippen LogP contribution in [0, 0.1) is 0 Å². The summed E-state index contributed by atoms with van der Waals surface area (Å²) in [6, 6.07) is 30.2. The number of aromatic amines is 3. The lowest BCUT2D eigenvalue weighted by molar-refractivity contribution is 0.174. The smallest absolute Gasteiger partial charge is 0.242 e. The zero-order valence-electron chi connectivity index (χ0n) is 73.7. The molecule has 140 heavy (non-hydrogen) atoms. The molecule has 0 radical (unpaired) electrons. The second-order valence-corrected chi connectivity index (χ2v) is 46.1. The zero-order valence-corrected chi connectivity index (χ0v) is 81.0. The molecule has 60 heteroatoms. The standard InChI is InChI=1S/2C20H23N9O4S2.C20H24N8O5S2.C20H22N8O4S3/c21-12-4-2-5-13(12)29-35(32,33)15-8-7-10(11-3-1-6-14-17(11)27-20(22)26-14)16(18(15)34(23,30)31)19-24-9-25-28-19;21-8-16-26-14-3-1-2-13(18(14)27-16)12-4-5-15(35(32,33)29-11-6-7-23-9-11)19(34(22,30)31)17(12)20-24-10-25-28-20;1-2-11(29)9-25-35(32,33)15-7-6-12(13-4-3-5-14-18(13)27-16(8-21)26-14)17(19(15)34(22,30)31)20-23-10-24-28-20;21-8-16-26-18-13(2-1-3-14(18)33-16)12-4-5-15(35(31,32)28-11-6-7-23-9-11)19(34(22,29)30)17(12)20-24-10-25-27-20/h1,3,6-8,12-13,29H,2,4-5,9,21H2,(H3,22,26,27)(H2,23,30,31);1-5,11,23,29H,6-10,21H2,(H,26,27)(H2,22,30,31);3-7,11,25,29H,2,8-10,21H2,1H3,(H,26,27)(H2,22,30,31);1-5,11,23,28H,6-10,21H2,(H2,22,29,30)/t12-,13+;2*11-;/m111./s1. The van der Waals surface area contributed by atoms with Crippen molar-refractivity contribution in [3.63, 3.8) is 0 Å². The van der Waals surface area contributed by atoms with Gasteiger partial charge in [-0.25, -0.2) is 147 Å². The Morgan fingerprint density at radius 1 is 0.414 bits per heavy atom. The van der Waals surface area contributed by atoms with Crippen LogP contribution in [0.3, 0.4) is 0 Å². The Hall–Kier alpha value is -12.1. The maximum Gasteiger partial charge on any atom is 0.242 e. The van der Waals surface area contributed by atoms with Crippen LogP contribution in [0.2, 0.25) is 0 Å². The Kier molecular flexibility index (Phi) is 29.2. The first-order chi connectivity index (χ1) is 66.5. The van der Waals surface area contributed by atoms with Gasteiger partial charge in [0.05, 0.1) is 84.8 Å². The van der Waals surface area contributed by atoms with Crippen LogP contribution in [0.4, 0.5) is 5.95 Å². The van der Waals surface area contributed by atoms with Gasteiger partial charge >= 0.3 is 0 Å². The molecule has 28 N–H and O–H groups in total. The number of anilines is 1. The summed E-state index contributed by atoms with van der Waals surface area (Å²) in [5.41, 5.74) is 36.2. The van der Waals surface area contributed by atoms with Crippen LogP contribution in [-0.4, -0.2) is 220 Å². The Labute approximate surface area is 804 Å². The number of aliphatic hydroxyl groups is 1. The lowest BCUT2D eigenvalue weighted by Crippen LogP contribution is -2.44. The number of nitrogens with one attached hydrogen (secondary N) is 9. The van der Waals surface area contributed by atoms with Crippen LogP contribution in [0.5, 0.6) is 0 Å². The summed E-state index contributed by atoms with van der Waals surface area (Å²) < 4.78 is 220. The number of benzene rings is 8. The van der Waals surface area contributed by atoms with E-state index in [0.717, 1.165) is 17.2 Å². The van der Waals surface area contributed by atoms with E-state index in [9.17, 15) is 72.4 Å². The number of H-pyrrole nitrogens is 3. The third-order valence-corrected chi connectivity index (χ3v) is 34.6. The van der Waals surface area contributed by atoms with Gasteiger partial charge in [-0.05, 0) is 116 Å². The molecule has 4 aromatic heterocycles. The number of nitrogens with two attached hydrogens (primary N) is 9. The van der Waals surface area contributed by atoms with E-state index in [4.69, 9.17) is 49.2 Å². The van der Waals surface area contributed by atoms with Gasteiger partial charge in [-0.1, -0.05) is 86.1 Å². The van der Waals surface area contributed by atoms with Crippen molar-refractivity contribution >= 4 is 164 Å². The molecule has 7 aliphatic rings. The average molecular weight is 2090 g/mol. The number of rotatable bonds is 29. The third-order valence-electron chi connectivity index (χ3n) is 22.9. The minimum atomic E-state index is -4.62. The van der Waals surface area contributed by atoms with Gasteiger partial charge in [-0.15, -0.1) is 31.8 Å². The Morgan fingerprint density at radius 2 is 0.771 bits per heavy atom. The van der Waals surface area contributed by atoms with Gasteiger partial charge in [0, 0.05) is 72.6 Å². The number of aliphatic imine (C=N–C) groups is 4. The molecule has 51 nitrogen and oxygen atoms in total. The highest BCUT2D eigenvalue weighted by atomic mass is 32.2. The van der Waals surface area contributed by atoms with Crippen LogP contribution in [-0.2, 0) is 99.8 Å². The van der Waals surface area contributed by atoms with Gasteiger partial charge < -0.3 is 59.4 Å². The van der Waals surface area contributed by atoms with Crippen molar-refractivity contribution in [3.8, 4) is 44.5 Å². The van der Waals surface area contributed by atoms with Crippen LogP contribution < -0.4 is 78.7 Å². The molecule has 1 unspecified atom stereocenters. The van der Waals surface area contributed by atoms with Crippen molar-refractivity contribution in [1.29, 1.82) is 0 Å². The molecule has 1 saturated carbocycles. The van der Waals surface area contributed by atoms with E-state index in [2.05, 4.69) is 125 Å². The van der Waals surface area contributed by atoms with Crippen LogP contribution in [0.15, 0.2) is 221 Å². The minimum Gasteiger partial charge on any atom is -0.392 e. The second kappa shape index (κ2) is 40.5. The largest absolute Gasteiger partial charge is 0.392 e. The van der Waals surface area contributed by atoms with Crippen LogP contribution >= 0.6 is 11.3 Å². The first kappa shape index (κ1) is 101. The van der Waals surface area contributed by atoms with E-state index in [0.29, 0.717) is 158 Å². The van der Waals surface area contributed by atoms with Gasteiger partial charge in [0.1, 0.15) is 55.8 Å². The maximum absolute atomic E-state index is 13.4. The van der Waals surface area contributed by atoms with Crippen LogP contribution in [0.1, 0.15) is 84.4 Å². The normalized spacial score (nSPS) is 18.1. The highest BCUT2D eigenvalue weighted by Crippen LogP contribution is 2.45. The molecule has 8 aromatic carbocycles. The van der Waals surface area contributed by atoms with Gasteiger partial charge in [-0.2, -0.15) is 20.5 Å². The fourth-order valence-electron chi connectivity index (χ4n) is 16.7. The van der Waals surface area contributed by atoms with Gasteiger partial charge in [0.25, 0.3) is 0 Å². The maximum atomic E-state index is 13.4. The monoisotopic (exact) mass is 2090 g/mol. The second-order valence-electron chi connectivity index (χ2n) is 32.2. The van der Waals surface area contributed by atoms with Crippen LogP contribution in [0.25, 0.3) is 87.8 Å². The molecule has 5 atom stereocenters. The molecule has 0 amide bonds. The van der Waals surface area contributed by atoms with Crippen molar-refractivity contribution in [2.24, 2.45) is 104 Å². The van der Waals surface area contributed by atoms with E-state index in [-0.39, 0.29) is 123 Å². The summed E-state index contributed by atoms with van der Waals surface area (Å²) in [5, 5.41) is 70.2. The van der Waals surface area contributed by atoms with Crippen molar-refractivity contribution in [1.82, 2.24) is 64.4 Å². The SMILES string of the molecule is CC[C@@H](O)CNS(=O)(=O)c1ccc(-c2cccc3[nH]c(CN)nc23)c(C2=NCN=N2)c1S(N)(=O)=O.NCc1nc2c(-c3ccc(S(=O)(=O)NC4CCNC4)c(S(N)(=O)=O)c3C3=NCN=N3)cccc2s1.NCc1nc2c(-c3ccc(S(=O)(=O)N[C@@H]4CCNC4)c(S(N)(=O)=O)c3C3=NCN=N3)cccc2[nH]1.Nc1nc2c(-c3ccc(S(=O)(=O)N[C@H]4CCC[C@H]4N)c(S(N)(=O)=O)c3C3=NCN=N3)cccc2[nH]1. The molecule has 2 saturated heterocycles. The first-order valence-corrected chi connectivity index (χ1v) is 55.5. The van der Waals surface area contributed by atoms with Crippen molar-refractivity contribution in [2.75, 3.05) is 65.1 Å². The molecule has 19 rings (SSSR count). The lowest BCUT2D eigenvalue weighted by atomic mass is 9.97. The average Bonchev–Trinajstić information content (AvgIpc) is 1.48. The summed E-state index contributed by atoms with van der Waals surface area (Å²) >= 11 is 1.42. The molecular weight excluding hydrogens is 2000 g/mol. The summed E-state index contributed by atoms with van der Waals surface area (Å²) in [6.07, 6.45) is 2.45. The van der Waals surface area contributed by atoms with E-state index in [1.165, 1.54) is 53.8 Å². The topological polar surface area (TPSA) is 847 Å². The number of thiazole rings is 1. The number of nitrogens with zero attached hydrogens (tertiary/aromatic N) is 16. The number of fused-ring (bicyclic) bond motifs is 4. The molecule has 6 aliphatic heterocycles. The molecule has 3 fully saturated rings. The third kappa shape index (κ3) is 21.1. The number of imidazole rings is 3. The summed E-state index contributed by atoms with van der Waals surface area (Å²) in [6.45, 7) is 3.97. The van der Waals surface area contributed by atoms with E-state index >= 15 is 0 Å². The van der Waals surface area contributed by atoms with Gasteiger partial charge in [-0.3, -0.25) is 0 Å². The minimum absolute atomic E-state index is 0.0139. The molecule has 738 valence electrons. The number of para-hydroxylation sites is 4. The predicted molar refractivity (Wildman–Crippen MR) is 519 cm³/mol. The number of hydrogen-bond donors (Lipinski definition) is 19. The molecule has 0 spiro atoms. The number of amidine groups is 4. The Morgan fingerprint density at radius 3 is 1.10 bits per heavy atom. The molecule has 12 aromatic rings. The highest BCUT2D eigenvalue weighted by molar-refractivity contribution is 7.94. The molecule has 10 heterocycles. The number of azo groups is 4. The summed E-state index contributed by atoms with van der Waals surface area (Å²) in [7, 11) is -35.6. The van der Waals surface area contributed by atoms with Crippen molar-refractivity contribution < 1.29 is 72.4 Å². The van der Waals surface area contributed by atoms with Gasteiger partial charge in [0.15, 0.2) is 56.0 Å². The molecule has 1 aliphatic carbocycles. The lowest BCUT2D eigenvalue weighted by Gasteiger charge is -2.21. The number of aromatic nitrogens is 7. The summed E-state index contributed by atoms with van der Waals surface area (Å²) in [4.78, 5) is 39.1. The Balaban J connectivity index is 0.000000135. The molecule has 0 bridgehead atoms. The fraction of sp³-hybridized carbons (Fsp3) is 0.300. The van der Waals surface area contributed by atoms with Gasteiger partial charge in [0.2, 0.25) is 80.2 Å². The number of primary sulfonamides is 4. The summed E-state index contributed by atoms with van der Waals surface area (Å²) in [5.74, 6) is 1.02. The van der Waals surface area contributed by atoms with E-state index < -0.39 is 131 Å². The first-order valence-electron chi connectivity index (χ1n) is 42.6. The number of aliphatic hydroxyl groups excluding tert-OH is 1. The fourth-order valence-corrected chi connectivity index (χ4v) is 28.9. The molecular formula is C80H92N34O17S9. The zero-order chi connectivity index (χ0) is 99.9. The quantitative estimate of drug-likeness (QED) is 0.0320. The number of nitrogen functional groups attached to an aromatic ring is 1. The number of hydrogen-bond acceptors (Lipinski definition) is 41.